The van der Waals surface area contributed by atoms with Crippen LogP contribution in [-0.2, 0) is 10.0 Å². The summed E-state index contributed by atoms with van der Waals surface area (Å²) in [7, 11) is -3.55. The molecule has 1 aromatic carbocycles. The number of anilines is 2. The summed E-state index contributed by atoms with van der Waals surface area (Å²) in [6.45, 7) is 1.66. The fourth-order valence-electron chi connectivity index (χ4n) is 2.11. The molecule has 1 saturated carbocycles. The zero-order valence-corrected chi connectivity index (χ0v) is 14.8. The molecule has 1 fully saturated rings. The average Bonchev–Trinajstić information content (AvgIpc) is 3.30. The van der Waals surface area contributed by atoms with E-state index in [-0.39, 0.29) is 16.4 Å². The summed E-state index contributed by atoms with van der Waals surface area (Å²) in [6, 6.07) is 6.58. The van der Waals surface area contributed by atoms with Gasteiger partial charge in [0.05, 0.1) is 9.77 Å². The fourth-order valence-corrected chi connectivity index (χ4v) is 3.56. The maximum absolute atomic E-state index is 13.2. The van der Waals surface area contributed by atoms with Crippen LogP contribution in [-0.4, -0.2) is 24.1 Å². The van der Waals surface area contributed by atoms with E-state index < -0.39 is 26.5 Å². The summed E-state index contributed by atoms with van der Waals surface area (Å²) in [6.07, 6.45) is 2.52. The molecule has 25 heavy (non-hydrogen) atoms. The molecule has 0 atom stereocenters. The quantitative estimate of drug-likeness (QED) is 0.828. The number of carbonyl (C=O) groups excluding carboxylic acids is 1. The molecule has 6 nitrogen and oxygen atoms in total. The SMILES string of the molecule is CC1(S(=O)(=O)Nc2cc(C(=O)Nc3ccc(F)c(Cl)c3)ccn2)CC1. The van der Waals surface area contributed by atoms with Gasteiger partial charge in [-0.2, -0.15) is 0 Å². The molecule has 3 rings (SSSR count). The van der Waals surface area contributed by atoms with Crippen LogP contribution in [0.5, 0.6) is 0 Å². The first-order valence-corrected chi connectivity index (χ1v) is 9.31. The maximum Gasteiger partial charge on any atom is 0.255 e. The van der Waals surface area contributed by atoms with Gasteiger partial charge in [0, 0.05) is 17.4 Å². The van der Waals surface area contributed by atoms with Crippen molar-refractivity contribution in [2.24, 2.45) is 0 Å². The number of sulfonamides is 1. The van der Waals surface area contributed by atoms with E-state index in [0.29, 0.717) is 18.5 Å². The highest BCUT2D eigenvalue weighted by molar-refractivity contribution is 7.94. The van der Waals surface area contributed by atoms with E-state index in [1.807, 2.05) is 0 Å². The van der Waals surface area contributed by atoms with Gasteiger partial charge in [-0.05, 0) is 50.1 Å². The molecule has 2 N–H and O–H groups in total. The molecule has 2 aromatic rings. The highest BCUT2D eigenvalue weighted by atomic mass is 35.5. The Morgan fingerprint density at radius 1 is 1.28 bits per heavy atom. The van der Waals surface area contributed by atoms with E-state index in [2.05, 4.69) is 15.0 Å². The zero-order valence-electron chi connectivity index (χ0n) is 13.2. The molecular formula is C16H15ClFN3O3S. The smallest absolute Gasteiger partial charge is 0.255 e. The number of amides is 1. The molecule has 1 aliphatic carbocycles. The molecule has 1 heterocycles. The predicted octanol–water partition coefficient (Wildman–Crippen LogP) is 3.42. The Balaban J connectivity index is 1.76. The summed E-state index contributed by atoms with van der Waals surface area (Å²) in [5, 5.41) is 2.45. The molecule has 132 valence electrons. The van der Waals surface area contributed by atoms with Crippen LogP contribution in [0.4, 0.5) is 15.9 Å². The normalized spacial score (nSPS) is 15.5. The van der Waals surface area contributed by atoms with Gasteiger partial charge >= 0.3 is 0 Å². The second-order valence-electron chi connectivity index (χ2n) is 6.07. The number of carbonyl (C=O) groups is 1. The minimum atomic E-state index is -3.55. The number of aromatic nitrogens is 1. The van der Waals surface area contributed by atoms with Crippen LogP contribution in [0.25, 0.3) is 0 Å². The lowest BCUT2D eigenvalue weighted by molar-refractivity contribution is 0.102. The predicted molar refractivity (Wildman–Crippen MR) is 93.8 cm³/mol. The van der Waals surface area contributed by atoms with Crippen molar-refractivity contribution in [3.05, 3.63) is 52.9 Å². The fraction of sp³-hybridized carbons (Fsp3) is 0.250. The summed E-state index contributed by atoms with van der Waals surface area (Å²) < 4.78 is 39.2. The summed E-state index contributed by atoms with van der Waals surface area (Å²) in [5.41, 5.74) is 0.523. The number of hydrogen-bond donors (Lipinski definition) is 2. The first kappa shape index (κ1) is 17.6. The van der Waals surface area contributed by atoms with Crippen LogP contribution >= 0.6 is 11.6 Å². The van der Waals surface area contributed by atoms with Gasteiger partial charge in [-0.1, -0.05) is 11.6 Å². The lowest BCUT2D eigenvalue weighted by atomic mass is 10.2. The standard InChI is InChI=1S/C16H15ClFN3O3S/c1-16(5-6-16)25(23,24)21-14-8-10(4-7-19-14)15(22)20-11-2-3-13(18)12(17)9-11/h2-4,7-9H,5-6H2,1H3,(H,19,21)(H,20,22). The molecule has 1 amide bonds. The third kappa shape index (κ3) is 3.74. The Bertz CT molecular complexity index is 945. The Morgan fingerprint density at radius 3 is 2.64 bits per heavy atom. The number of rotatable bonds is 5. The molecule has 0 bridgehead atoms. The number of benzene rings is 1. The number of nitrogens with zero attached hydrogens (tertiary/aromatic N) is 1. The van der Waals surface area contributed by atoms with Crippen molar-refractivity contribution in [2.45, 2.75) is 24.5 Å². The second kappa shape index (κ2) is 6.27. The maximum atomic E-state index is 13.2. The van der Waals surface area contributed by atoms with Gasteiger partial charge in [0.1, 0.15) is 11.6 Å². The number of halogens is 2. The zero-order chi connectivity index (χ0) is 18.2. The van der Waals surface area contributed by atoms with Crippen LogP contribution in [0.1, 0.15) is 30.1 Å². The van der Waals surface area contributed by atoms with Crippen molar-refractivity contribution in [1.29, 1.82) is 0 Å². The van der Waals surface area contributed by atoms with Gasteiger partial charge in [-0.15, -0.1) is 0 Å². The number of hydrogen-bond acceptors (Lipinski definition) is 4. The largest absolute Gasteiger partial charge is 0.322 e. The van der Waals surface area contributed by atoms with Crippen molar-refractivity contribution in [3.63, 3.8) is 0 Å². The molecular weight excluding hydrogens is 369 g/mol. The molecule has 1 aromatic heterocycles. The highest BCUT2D eigenvalue weighted by Crippen LogP contribution is 2.43. The van der Waals surface area contributed by atoms with Crippen LogP contribution in [0, 0.1) is 5.82 Å². The molecule has 0 radical (unpaired) electrons. The van der Waals surface area contributed by atoms with Crippen molar-refractivity contribution in [2.75, 3.05) is 10.0 Å². The molecule has 0 unspecified atom stereocenters. The second-order valence-corrected chi connectivity index (χ2v) is 8.67. The van der Waals surface area contributed by atoms with Crippen LogP contribution < -0.4 is 10.0 Å². The van der Waals surface area contributed by atoms with E-state index >= 15 is 0 Å². The van der Waals surface area contributed by atoms with Gasteiger partial charge in [-0.25, -0.2) is 17.8 Å². The van der Waals surface area contributed by atoms with Crippen molar-refractivity contribution >= 4 is 39.0 Å². The first-order valence-electron chi connectivity index (χ1n) is 7.45. The Kier molecular flexibility index (Phi) is 4.42. The molecule has 0 aliphatic heterocycles. The van der Waals surface area contributed by atoms with Crippen LogP contribution in [0.15, 0.2) is 36.5 Å². The molecule has 0 spiro atoms. The third-order valence-electron chi connectivity index (χ3n) is 4.04. The minimum absolute atomic E-state index is 0.0675. The molecule has 9 heteroatoms. The average molecular weight is 384 g/mol. The van der Waals surface area contributed by atoms with Crippen molar-refractivity contribution in [1.82, 2.24) is 4.98 Å². The van der Waals surface area contributed by atoms with Crippen molar-refractivity contribution < 1.29 is 17.6 Å². The minimum Gasteiger partial charge on any atom is -0.322 e. The van der Waals surface area contributed by atoms with E-state index in [1.165, 1.54) is 30.5 Å². The van der Waals surface area contributed by atoms with Gasteiger partial charge in [0.2, 0.25) is 10.0 Å². The molecule has 0 saturated heterocycles. The first-order chi connectivity index (χ1) is 11.7. The van der Waals surface area contributed by atoms with Crippen LogP contribution in [0.2, 0.25) is 5.02 Å². The third-order valence-corrected chi connectivity index (χ3v) is 6.51. The lowest BCUT2D eigenvalue weighted by Gasteiger charge is -2.13. The van der Waals surface area contributed by atoms with E-state index in [9.17, 15) is 17.6 Å². The van der Waals surface area contributed by atoms with E-state index in [1.54, 1.807) is 6.92 Å². The van der Waals surface area contributed by atoms with Crippen LogP contribution in [0.3, 0.4) is 0 Å². The summed E-state index contributed by atoms with van der Waals surface area (Å²) in [5.74, 6) is -1.02. The van der Waals surface area contributed by atoms with Crippen molar-refractivity contribution in [3.8, 4) is 0 Å². The van der Waals surface area contributed by atoms with E-state index in [4.69, 9.17) is 11.6 Å². The lowest BCUT2D eigenvalue weighted by Crippen LogP contribution is -2.27. The summed E-state index contributed by atoms with van der Waals surface area (Å²) >= 11 is 5.68. The monoisotopic (exact) mass is 383 g/mol. The topological polar surface area (TPSA) is 88.2 Å². The highest BCUT2D eigenvalue weighted by Gasteiger charge is 2.50. The van der Waals surface area contributed by atoms with Gasteiger partial charge in [0.25, 0.3) is 5.91 Å². The summed E-state index contributed by atoms with van der Waals surface area (Å²) in [4.78, 5) is 16.2. The Labute approximate surface area is 149 Å². The molecule has 1 aliphatic rings. The number of nitrogens with one attached hydrogen (secondary N) is 2. The van der Waals surface area contributed by atoms with E-state index in [0.717, 1.165) is 6.07 Å². The van der Waals surface area contributed by atoms with Gasteiger partial charge < -0.3 is 5.32 Å². The number of pyridine rings is 1. The Morgan fingerprint density at radius 2 is 2.00 bits per heavy atom. The van der Waals surface area contributed by atoms with Gasteiger partial charge in [-0.3, -0.25) is 9.52 Å². The van der Waals surface area contributed by atoms with Gasteiger partial charge in [0.15, 0.2) is 0 Å². The Hall–Kier alpha value is -2.19.